The van der Waals surface area contributed by atoms with Gasteiger partial charge in [-0.2, -0.15) is 0 Å². The summed E-state index contributed by atoms with van der Waals surface area (Å²) in [5.74, 6) is 0.899. The topological polar surface area (TPSA) is 21.7 Å². The Balaban J connectivity index is 2.63. The second-order valence-electron chi connectivity index (χ2n) is 3.45. The van der Waals surface area contributed by atoms with Gasteiger partial charge in [0.15, 0.2) is 0 Å². The first-order valence-corrected chi connectivity index (χ1v) is 6.17. The van der Waals surface area contributed by atoms with Crippen LogP contribution in [0.4, 0.5) is 0 Å². The van der Waals surface area contributed by atoms with Crippen LogP contribution in [0.25, 0.3) is 12.1 Å². The molecule has 1 heterocycles. The van der Waals surface area contributed by atoms with Gasteiger partial charge in [0.2, 0.25) is 5.88 Å². The quantitative estimate of drug-likeness (QED) is 0.745. The maximum atomic E-state index is 5.63. The van der Waals surface area contributed by atoms with Gasteiger partial charge in [-0.3, -0.25) is 0 Å². The normalized spacial score (nSPS) is 15.5. The van der Waals surface area contributed by atoms with Gasteiger partial charge in [-0.25, -0.2) is 0 Å². The van der Waals surface area contributed by atoms with Crippen LogP contribution >= 0.6 is 9.03 Å². The third-order valence-electron chi connectivity index (χ3n) is 2.59. The van der Waals surface area contributed by atoms with Crippen LogP contribution in [0.5, 0.6) is 0 Å². The van der Waals surface area contributed by atoms with Gasteiger partial charge in [0.05, 0.1) is 6.26 Å². The molecule has 0 N–H and O–H groups in total. The standard InChI is InChI=1S/C12H15NO2P/c1-3-13(4-2)12-11-8-6-5-7-10(11)9-14-16-15-12/h5-9H,3-4H2,1-2H3. The van der Waals surface area contributed by atoms with Gasteiger partial charge in [0, 0.05) is 23.5 Å². The molecule has 4 heteroatoms. The molecule has 1 radical (unpaired) electrons. The van der Waals surface area contributed by atoms with E-state index in [1.165, 1.54) is 0 Å². The van der Waals surface area contributed by atoms with Crippen molar-refractivity contribution in [3.63, 3.8) is 0 Å². The number of rotatable bonds is 3. The fourth-order valence-electron chi connectivity index (χ4n) is 1.72. The highest BCUT2D eigenvalue weighted by Crippen LogP contribution is 2.22. The number of hydrogen-bond donors (Lipinski definition) is 0. The molecule has 1 aromatic rings. The van der Waals surface area contributed by atoms with Gasteiger partial charge in [0.25, 0.3) is 0 Å². The molecule has 1 aliphatic heterocycles. The van der Waals surface area contributed by atoms with Crippen molar-refractivity contribution >= 4 is 21.2 Å². The van der Waals surface area contributed by atoms with Crippen LogP contribution in [0, 0.1) is 0 Å². The molecule has 0 spiro atoms. The Hall–Kier alpha value is -1.21. The molecule has 0 saturated carbocycles. The Bertz CT molecular complexity index is 468. The van der Waals surface area contributed by atoms with Crippen LogP contribution in [-0.2, 0) is 9.05 Å². The highest BCUT2D eigenvalue weighted by atomic mass is 31.1. The summed E-state index contributed by atoms with van der Waals surface area (Å²) in [7, 11) is 0.521. The van der Waals surface area contributed by atoms with E-state index in [9.17, 15) is 0 Å². The zero-order valence-corrected chi connectivity index (χ0v) is 10.4. The SMILES string of the molecule is CCN(CC)C1=c2ccccc2=CO[P]O1. The number of fused-ring (bicyclic) bond motifs is 1. The minimum atomic E-state index is 0.521. The first-order valence-electron chi connectivity index (χ1n) is 5.44. The lowest BCUT2D eigenvalue weighted by Crippen LogP contribution is -2.34. The molecule has 0 aromatic heterocycles. The van der Waals surface area contributed by atoms with Crippen LogP contribution in [0.2, 0.25) is 0 Å². The maximum Gasteiger partial charge on any atom is 0.405 e. The molecular weight excluding hydrogens is 221 g/mol. The molecule has 1 aliphatic rings. The van der Waals surface area contributed by atoms with Crippen molar-refractivity contribution in [2.45, 2.75) is 13.8 Å². The monoisotopic (exact) mass is 236 g/mol. The molecule has 0 fully saturated rings. The summed E-state index contributed by atoms with van der Waals surface area (Å²) < 4.78 is 10.9. The molecule has 0 amide bonds. The maximum absolute atomic E-state index is 5.63. The summed E-state index contributed by atoms with van der Waals surface area (Å²) in [6, 6.07) is 8.11. The van der Waals surface area contributed by atoms with Crippen LogP contribution in [0.15, 0.2) is 24.3 Å². The van der Waals surface area contributed by atoms with Gasteiger partial charge in [-0.05, 0) is 19.9 Å². The molecule has 0 unspecified atom stereocenters. The summed E-state index contributed by atoms with van der Waals surface area (Å²) >= 11 is 0. The van der Waals surface area contributed by atoms with Gasteiger partial charge in [-0.15, -0.1) is 0 Å². The van der Waals surface area contributed by atoms with E-state index in [2.05, 4.69) is 24.8 Å². The van der Waals surface area contributed by atoms with Crippen molar-refractivity contribution in [2.24, 2.45) is 0 Å². The minimum absolute atomic E-state index is 0.521. The molecular formula is C12H15NO2P. The summed E-state index contributed by atoms with van der Waals surface area (Å²) in [6.45, 7) is 6.09. The second-order valence-corrected chi connectivity index (χ2v) is 4.00. The average Bonchev–Trinajstić information content (AvgIpc) is 2.54. The Morgan fingerprint density at radius 2 is 1.94 bits per heavy atom. The molecule has 85 valence electrons. The van der Waals surface area contributed by atoms with Crippen LogP contribution in [0.1, 0.15) is 13.8 Å². The highest BCUT2D eigenvalue weighted by molar-refractivity contribution is 7.26. The van der Waals surface area contributed by atoms with Gasteiger partial charge in [0.1, 0.15) is 0 Å². The number of benzene rings is 1. The van der Waals surface area contributed by atoms with E-state index < -0.39 is 0 Å². The molecule has 0 aliphatic carbocycles. The van der Waals surface area contributed by atoms with E-state index in [0.717, 1.165) is 29.4 Å². The van der Waals surface area contributed by atoms with Gasteiger partial charge >= 0.3 is 9.03 Å². The van der Waals surface area contributed by atoms with E-state index in [4.69, 9.17) is 9.05 Å². The first-order chi connectivity index (χ1) is 7.86. The van der Waals surface area contributed by atoms with Gasteiger partial charge < -0.3 is 13.9 Å². The zero-order valence-electron chi connectivity index (χ0n) is 9.51. The molecule has 0 atom stereocenters. The van der Waals surface area contributed by atoms with Crippen molar-refractivity contribution in [2.75, 3.05) is 13.1 Å². The third kappa shape index (κ3) is 2.14. The van der Waals surface area contributed by atoms with Crippen LogP contribution in [-0.4, -0.2) is 18.0 Å². The smallest absolute Gasteiger partial charge is 0.405 e. The predicted octanol–water partition coefficient (Wildman–Crippen LogP) is 1.66. The fraction of sp³-hybridized carbons (Fsp3) is 0.333. The molecule has 0 bridgehead atoms. The van der Waals surface area contributed by atoms with Crippen molar-refractivity contribution in [3.8, 4) is 0 Å². The summed E-state index contributed by atoms with van der Waals surface area (Å²) in [5, 5.41) is 2.16. The lowest BCUT2D eigenvalue weighted by Gasteiger charge is -2.22. The average molecular weight is 236 g/mol. The Morgan fingerprint density at radius 3 is 2.69 bits per heavy atom. The second kappa shape index (κ2) is 5.22. The zero-order chi connectivity index (χ0) is 11.4. The molecule has 0 saturated heterocycles. The molecule has 16 heavy (non-hydrogen) atoms. The lowest BCUT2D eigenvalue weighted by atomic mass is 10.2. The number of nitrogens with zero attached hydrogens (tertiary/aromatic N) is 1. The summed E-state index contributed by atoms with van der Waals surface area (Å²) in [5.41, 5.74) is 0. The fourth-order valence-corrected chi connectivity index (χ4v) is 2.20. The van der Waals surface area contributed by atoms with E-state index >= 15 is 0 Å². The van der Waals surface area contributed by atoms with Gasteiger partial charge in [-0.1, -0.05) is 18.2 Å². The Labute approximate surface area is 97.3 Å². The predicted molar refractivity (Wildman–Crippen MR) is 65.6 cm³/mol. The lowest BCUT2D eigenvalue weighted by molar-refractivity contribution is 0.321. The van der Waals surface area contributed by atoms with E-state index in [-0.39, 0.29) is 0 Å². The van der Waals surface area contributed by atoms with Crippen molar-refractivity contribution in [3.05, 3.63) is 34.7 Å². The largest absolute Gasteiger partial charge is 0.438 e. The first kappa shape index (κ1) is 11.3. The van der Waals surface area contributed by atoms with E-state index in [1.54, 1.807) is 6.26 Å². The highest BCUT2D eigenvalue weighted by Gasteiger charge is 2.12. The van der Waals surface area contributed by atoms with Crippen molar-refractivity contribution in [1.82, 2.24) is 4.90 Å². The van der Waals surface area contributed by atoms with Crippen LogP contribution < -0.4 is 10.4 Å². The minimum Gasteiger partial charge on any atom is -0.438 e. The van der Waals surface area contributed by atoms with E-state index in [1.807, 2.05) is 18.2 Å². The molecule has 1 aromatic carbocycles. The summed E-state index contributed by atoms with van der Waals surface area (Å²) in [4.78, 5) is 2.19. The third-order valence-corrected chi connectivity index (χ3v) is 3.03. The summed E-state index contributed by atoms with van der Waals surface area (Å²) in [6.07, 6.45) is 1.74. The molecule has 2 rings (SSSR count). The number of hydrogen-bond acceptors (Lipinski definition) is 3. The van der Waals surface area contributed by atoms with Crippen molar-refractivity contribution < 1.29 is 9.05 Å². The Kier molecular flexibility index (Phi) is 3.68. The molecule has 3 nitrogen and oxygen atoms in total. The van der Waals surface area contributed by atoms with Crippen LogP contribution in [0.3, 0.4) is 0 Å². The van der Waals surface area contributed by atoms with E-state index in [0.29, 0.717) is 9.03 Å². The Morgan fingerprint density at radius 1 is 1.19 bits per heavy atom. The van der Waals surface area contributed by atoms with Crippen molar-refractivity contribution in [1.29, 1.82) is 0 Å².